The molecule has 0 saturated heterocycles. The predicted molar refractivity (Wildman–Crippen MR) is 85.2 cm³/mol. The number of hydrogen-bond acceptors (Lipinski definition) is 0. The highest BCUT2D eigenvalue weighted by molar-refractivity contribution is 5.32. The predicted octanol–water partition coefficient (Wildman–Crippen LogP) is 6.21. The van der Waals surface area contributed by atoms with Gasteiger partial charge in [-0.2, -0.15) is 0 Å². The molecule has 1 fully saturated rings. The minimum atomic E-state index is 0.468. The quantitative estimate of drug-likeness (QED) is 0.526. The van der Waals surface area contributed by atoms with Crippen molar-refractivity contribution < 1.29 is 0 Å². The van der Waals surface area contributed by atoms with Gasteiger partial charge in [-0.15, -0.1) is 0 Å². The Morgan fingerprint density at radius 3 is 3.00 bits per heavy atom. The fraction of sp³-hybridized carbons (Fsp3) is 0.684. The van der Waals surface area contributed by atoms with Crippen molar-refractivity contribution in [2.24, 2.45) is 11.3 Å². The molecule has 0 aliphatic heterocycles. The third-order valence-corrected chi connectivity index (χ3v) is 5.45. The molecule has 0 aromatic carbocycles. The molecular weight excluding hydrogens is 228 g/mol. The highest BCUT2D eigenvalue weighted by Gasteiger charge is 2.42. The maximum atomic E-state index is 2.48. The van der Waals surface area contributed by atoms with Crippen LogP contribution in [0.1, 0.15) is 72.6 Å². The summed E-state index contributed by atoms with van der Waals surface area (Å²) in [6.07, 6.45) is 16.6. The molecule has 1 unspecified atom stereocenters. The van der Waals surface area contributed by atoms with Crippen LogP contribution in [-0.4, -0.2) is 0 Å². The van der Waals surface area contributed by atoms with Crippen molar-refractivity contribution >= 4 is 0 Å². The van der Waals surface area contributed by atoms with Gasteiger partial charge in [0.15, 0.2) is 0 Å². The van der Waals surface area contributed by atoms with E-state index < -0.39 is 0 Å². The molecule has 0 heteroatoms. The van der Waals surface area contributed by atoms with Crippen molar-refractivity contribution in [2.75, 3.05) is 0 Å². The lowest BCUT2D eigenvalue weighted by atomic mass is 9.64. The van der Waals surface area contributed by atoms with Gasteiger partial charge in [0.2, 0.25) is 0 Å². The standard InChI is InChI=1S/C19H30/c1-5-6-8-15(2)10-12-17-9-7-14-19(4)16(3)11-13-18(17)19/h10-12,18H,5-9,13-14H2,1-4H3/b15-10-,17-12+/t18?,19-/m1/s1. The maximum absolute atomic E-state index is 2.48. The van der Waals surface area contributed by atoms with Crippen LogP contribution in [0.15, 0.2) is 34.9 Å². The third kappa shape index (κ3) is 3.04. The van der Waals surface area contributed by atoms with E-state index in [1.807, 2.05) is 0 Å². The zero-order valence-corrected chi connectivity index (χ0v) is 13.3. The summed E-state index contributed by atoms with van der Waals surface area (Å²) in [6.45, 7) is 9.38. The van der Waals surface area contributed by atoms with Gasteiger partial charge < -0.3 is 0 Å². The summed E-state index contributed by atoms with van der Waals surface area (Å²) in [5.41, 5.74) is 5.35. The number of rotatable bonds is 4. The van der Waals surface area contributed by atoms with E-state index >= 15 is 0 Å². The van der Waals surface area contributed by atoms with Gasteiger partial charge in [-0.05, 0) is 63.7 Å². The van der Waals surface area contributed by atoms with E-state index in [-0.39, 0.29) is 0 Å². The van der Waals surface area contributed by atoms with Gasteiger partial charge in [-0.3, -0.25) is 0 Å². The van der Waals surface area contributed by atoms with E-state index in [4.69, 9.17) is 0 Å². The minimum absolute atomic E-state index is 0.468. The van der Waals surface area contributed by atoms with Crippen LogP contribution in [0.3, 0.4) is 0 Å². The lowest BCUT2D eigenvalue weighted by Gasteiger charge is -2.40. The molecule has 0 aromatic heterocycles. The van der Waals surface area contributed by atoms with Crippen molar-refractivity contribution in [3.05, 3.63) is 34.9 Å². The highest BCUT2D eigenvalue weighted by atomic mass is 14.5. The summed E-state index contributed by atoms with van der Waals surface area (Å²) in [6, 6.07) is 0. The lowest BCUT2D eigenvalue weighted by molar-refractivity contribution is 0.234. The average Bonchev–Trinajstić information content (AvgIpc) is 2.70. The van der Waals surface area contributed by atoms with Gasteiger partial charge in [-0.25, -0.2) is 0 Å². The molecule has 2 atom stereocenters. The smallest absolute Gasteiger partial charge is 0.00506 e. The number of allylic oxidation sites excluding steroid dienone is 6. The average molecular weight is 258 g/mol. The highest BCUT2D eigenvalue weighted by Crippen LogP contribution is 2.54. The van der Waals surface area contributed by atoms with Crippen LogP contribution >= 0.6 is 0 Å². The van der Waals surface area contributed by atoms with Crippen molar-refractivity contribution in [1.29, 1.82) is 0 Å². The van der Waals surface area contributed by atoms with Crippen LogP contribution in [0.25, 0.3) is 0 Å². The number of hydrogen-bond donors (Lipinski definition) is 0. The second-order valence-corrected chi connectivity index (χ2v) is 6.80. The molecular formula is C19H30. The normalized spacial score (nSPS) is 33.5. The molecule has 0 heterocycles. The SMILES string of the molecule is CCCC/C(C)=C\C=C1/CCC[C@]2(C)C(C)=CCC12. The molecule has 1 saturated carbocycles. The minimum Gasteiger partial charge on any atom is -0.0844 e. The van der Waals surface area contributed by atoms with Crippen LogP contribution in [0.2, 0.25) is 0 Å². The summed E-state index contributed by atoms with van der Waals surface area (Å²) in [5.74, 6) is 0.788. The first kappa shape index (κ1) is 14.6. The Labute approximate surface area is 119 Å². The van der Waals surface area contributed by atoms with Gasteiger partial charge in [-0.1, -0.05) is 55.2 Å². The van der Waals surface area contributed by atoms with Gasteiger partial charge in [0, 0.05) is 0 Å². The van der Waals surface area contributed by atoms with Crippen LogP contribution < -0.4 is 0 Å². The Hall–Kier alpha value is -0.780. The van der Waals surface area contributed by atoms with Gasteiger partial charge >= 0.3 is 0 Å². The topological polar surface area (TPSA) is 0 Å². The molecule has 19 heavy (non-hydrogen) atoms. The van der Waals surface area contributed by atoms with Crippen LogP contribution in [0.5, 0.6) is 0 Å². The first-order valence-corrected chi connectivity index (χ1v) is 8.11. The van der Waals surface area contributed by atoms with E-state index in [9.17, 15) is 0 Å². The molecule has 0 nitrogen and oxygen atoms in total. The van der Waals surface area contributed by atoms with Gasteiger partial charge in [0.25, 0.3) is 0 Å². The number of unbranched alkanes of at least 4 members (excludes halogenated alkanes) is 1. The van der Waals surface area contributed by atoms with Crippen molar-refractivity contribution in [3.63, 3.8) is 0 Å². The molecule has 0 aromatic rings. The van der Waals surface area contributed by atoms with Crippen molar-refractivity contribution in [3.8, 4) is 0 Å². The Bertz CT molecular complexity index is 408. The molecule has 106 valence electrons. The Morgan fingerprint density at radius 1 is 1.47 bits per heavy atom. The third-order valence-electron chi connectivity index (χ3n) is 5.45. The lowest BCUT2D eigenvalue weighted by Crippen LogP contribution is -2.29. The zero-order valence-electron chi connectivity index (χ0n) is 13.3. The fourth-order valence-electron chi connectivity index (χ4n) is 3.82. The summed E-state index contributed by atoms with van der Waals surface area (Å²) >= 11 is 0. The summed E-state index contributed by atoms with van der Waals surface area (Å²) < 4.78 is 0. The first-order valence-electron chi connectivity index (χ1n) is 8.11. The summed E-state index contributed by atoms with van der Waals surface area (Å²) in [4.78, 5) is 0. The van der Waals surface area contributed by atoms with Gasteiger partial charge in [0.1, 0.15) is 0 Å². The van der Waals surface area contributed by atoms with E-state index in [0.717, 1.165) is 5.92 Å². The second-order valence-electron chi connectivity index (χ2n) is 6.80. The molecule has 0 amide bonds. The van der Waals surface area contributed by atoms with E-state index in [1.165, 1.54) is 44.9 Å². The molecule has 0 N–H and O–H groups in total. The first-order chi connectivity index (χ1) is 9.08. The Balaban J connectivity index is 2.09. The summed E-state index contributed by atoms with van der Waals surface area (Å²) in [7, 11) is 0. The second kappa shape index (κ2) is 6.11. The fourth-order valence-corrected chi connectivity index (χ4v) is 3.82. The monoisotopic (exact) mass is 258 g/mol. The van der Waals surface area contributed by atoms with Crippen LogP contribution in [0, 0.1) is 11.3 Å². The van der Waals surface area contributed by atoms with Gasteiger partial charge in [0.05, 0.1) is 0 Å². The molecule has 2 aliphatic carbocycles. The Morgan fingerprint density at radius 2 is 2.26 bits per heavy atom. The van der Waals surface area contributed by atoms with E-state index in [1.54, 1.807) is 16.7 Å². The molecule has 0 spiro atoms. The largest absolute Gasteiger partial charge is 0.0844 e. The van der Waals surface area contributed by atoms with Crippen LogP contribution in [-0.2, 0) is 0 Å². The Kier molecular flexibility index (Phi) is 4.71. The summed E-state index contributed by atoms with van der Waals surface area (Å²) in [5, 5.41) is 0. The maximum Gasteiger partial charge on any atom is -0.00506 e. The zero-order chi connectivity index (χ0) is 13.9. The van der Waals surface area contributed by atoms with E-state index in [2.05, 4.69) is 45.9 Å². The van der Waals surface area contributed by atoms with Crippen LogP contribution in [0.4, 0.5) is 0 Å². The van der Waals surface area contributed by atoms with Crippen molar-refractivity contribution in [2.45, 2.75) is 72.6 Å². The molecule has 2 rings (SSSR count). The molecule has 2 aliphatic rings. The molecule has 0 bridgehead atoms. The van der Waals surface area contributed by atoms with E-state index in [0.29, 0.717) is 5.41 Å². The van der Waals surface area contributed by atoms with Crippen molar-refractivity contribution in [1.82, 2.24) is 0 Å². The number of fused-ring (bicyclic) bond motifs is 1. The molecule has 0 radical (unpaired) electrons.